The summed E-state index contributed by atoms with van der Waals surface area (Å²) >= 11 is 0. The van der Waals surface area contributed by atoms with Crippen LogP contribution in [0.1, 0.15) is 76.1 Å². The number of hydrogen-bond donors (Lipinski definition) is 0. The molecular weight excluding hydrogens is 498 g/mol. The van der Waals surface area contributed by atoms with Gasteiger partial charge in [0.25, 0.3) is 0 Å². The summed E-state index contributed by atoms with van der Waals surface area (Å²) in [6, 6.07) is 5.42. The first kappa shape index (κ1) is 28.1. The first-order valence-corrected chi connectivity index (χ1v) is 13.1. The molecule has 0 radical (unpaired) electrons. The molecule has 0 saturated heterocycles. The van der Waals surface area contributed by atoms with Crippen LogP contribution in [0.25, 0.3) is 22.4 Å². The molecule has 0 amide bonds. The number of fused-ring (bicyclic) bond motifs is 3. The van der Waals surface area contributed by atoms with Crippen LogP contribution in [-0.4, -0.2) is 45.7 Å². The van der Waals surface area contributed by atoms with Crippen LogP contribution < -0.4 is 10.2 Å². The van der Waals surface area contributed by atoms with E-state index in [1.165, 1.54) is 10.7 Å². The van der Waals surface area contributed by atoms with Crippen LogP contribution in [0.4, 0.5) is 4.79 Å². The lowest BCUT2D eigenvalue weighted by atomic mass is 9.78. The van der Waals surface area contributed by atoms with Gasteiger partial charge in [-0.3, -0.25) is 4.79 Å². The molecule has 208 valence electrons. The van der Waals surface area contributed by atoms with Gasteiger partial charge >= 0.3 is 12.1 Å². The fourth-order valence-corrected chi connectivity index (χ4v) is 4.95. The van der Waals surface area contributed by atoms with E-state index in [0.717, 1.165) is 22.3 Å². The Morgan fingerprint density at radius 3 is 2.31 bits per heavy atom. The predicted octanol–water partition coefficient (Wildman–Crippen LogP) is 5.80. The summed E-state index contributed by atoms with van der Waals surface area (Å²) in [7, 11) is 1.58. The van der Waals surface area contributed by atoms with Crippen molar-refractivity contribution >= 4 is 12.1 Å². The van der Waals surface area contributed by atoms with E-state index in [4.69, 9.17) is 14.2 Å². The first-order valence-electron chi connectivity index (χ1n) is 13.1. The Morgan fingerprint density at radius 2 is 1.72 bits per heavy atom. The number of rotatable bonds is 4. The van der Waals surface area contributed by atoms with Crippen LogP contribution in [0.5, 0.6) is 5.75 Å². The van der Waals surface area contributed by atoms with E-state index >= 15 is 0 Å². The molecule has 0 bridgehead atoms. The molecule has 1 aromatic carbocycles. The zero-order valence-corrected chi connectivity index (χ0v) is 24.2. The summed E-state index contributed by atoms with van der Waals surface area (Å²) in [5.74, 6) is -0.0510. The van der Waals surface area contributed by atoms with Crippen LogP contribution in [0.3, 0.4) is 0 Å². The largest absolute Gasteiger partial charge is 0.496 e. The minimum Gasteiger partial charge on any atom is -0.496 e. The number of ether oxygens (including phenoxy) is 3. The second-order valence-electron chi connectivity index (χ2n) is 11.9. The van der Waals surface area contributed by atoms with Gasteiger partial charge in [0, 0.05) is 41.2 Å². The third-order valence-electron chi connectivity index (χ3n) is 6.79. The minimum atomic E-state index is -0.652. The highest BCUT2D eigenvalue weighted by atomic mass is 16.6. The van der Waals surface area contributed by atoms with Gasteiger partial charge in [0.2, 0.25) is 0 Å². The zero-order chi connectivity index (χ0) is 28.9. The van der Waals surface area contributed by atoms with Crippen molar-refractivity contribution in [1.82, 2.24) is 14.3 Å². The van der Waals surface area contributed by atoms with Gasteiger partial charge in [0.05, 0.1) is 25.1 Å². The molecule has 39 heavy (non-hydrogen) atoms. The minimum absolute atomic E-state index is 0.0204. The van der Waals surface area contributed by atoms with Crippen LogP contribution in [0, 0.1) is 12.3 Å². The Labute approximate surface area is 228 Å². The SMILES string of the molecule is CCOC(=O)c1cn2c(cc1=O)-c1cc(OC)c(-c3cn(C(=O)OC(C)(C)C)nc3C)cc1CC2C(C)(C)C. The number of carbonyl (C=O) groups is 2. The number of aromatic nitrogens is 3. The van der Waals surface area contributed by atoms with Gasteiger partial charge < -0.3 is 18.8 Å². The predicted molar refractivity (Wildman–Crippen MR) is 148 cm³/mol. The molecule has 9 heteroatoms. The van der Waals surface area contributed by atoms with Crippen LogP contribution in [0.15, 0.2) is 35.4 Å². The summed E-state index contributed by atoms with van der Waals surface area (Å²) in [6.07, 6.45) is 3.38. The smallest absolute Gasteiger partial charge is 0.435 e. The summed E-state index contributed by atoms with van der Waals surface area (Å²) in [6.45, 7) is 15.5. The summed E-state index contributed by atoms with van der Waals surface area (Å²) in [5, 5.41) is 4.40. The molecule has 9 nitrogen and oxygen atoms in total. The standard InChI is InChI=1S/C30H37N3O6/c1-10-38-27(35)22-15-32-23(14-24(22)34)19-13-25(37-9)20(11-18(19)12-26(32)29(3,4)5)21-16-33(31-17(21)2)28(36)39-30(6,7)8/h11,13-16,26H,10,12H2,1-9H3. The highest BCUT2D eigenvalue weighted by Crippen LogP contribution is 2.46. The van der Waals surface area contributed by atoms with E-state index in [0.29, 0.717) is 23.6 Å². The first-order chi connectivity index (χ1) is 18.1. The quantitative estimate of drug-likeness (QED) is 0.389. The summed E-state index contributed by atoms with van der Waals surface area (Å²) in [4.78, 5) is 38.2. The van der Waals surface area contributed by atoms with Crippen molar-refractivity contribution in [3.63, 3.8) is 0 Å². The number of esters is 1. The van der Waals surface area contributed by atoms with Crippen LogP contribution >= 0.6 is 0 Å². The lowest BCUT2D eigenvalue weighted by molar-refractivity contribution is 0.0507. The molecule has 3 aromatic rings. The van der Waals surface area contributed by atoms with E-state index in [9.17, 15) is 14.4 Å². The Hall–Kier alpha value is -3.88. The molecule has 0 aliphatic carbocycles. The molecule has 0 spiro atoms. The second kappa shape index (κ2) is 10.0. The molecule has 2 aromatic heterocycles. The van der Waals surface area contributed by atoms with Gasteiger partial charge in [-0.05, 0) is 64.2 Å². The summed E-state index contributed by atoms with van der Waals surface area (Å²) < 4.78 is 19.6. The Bertz CT molecular complexity index is 1500. The highest BCUT2D eigenvalue weighted by Gasteiger charge is 2.34. The molecule has 0 N–H and O–H groups in total. The molecule has 1 unspecified atom stereocenters. The lowest BCUT2D eigenvalue weighted by Crippen LogP contribution is -2.33. The van der Waals surface area contributed by atoms with Gasteiger partial charge in [0.1, 0.15) is 16.9 Å². The normalized spacial score (nSPS) is 14.8. The maximum atomic E-state index is 13.0. The van der Waals surface area contributed by atoms with Crippen molar-refractivity contribution in [3.8, 4) is 28.1 Å². The topological polar surface area (TPSA) is 102 Å². The number of aryl methyl sites for hydroxylation is 1. The highest BCUT2D eigenvalue weighted by molar-refractivity contribution is 5.90. The fourth-order valence-electron chi connectivity index (χ4n) is 4.95. The van der Waals surface area contributed by atoms with E-state index in [1.54, 1.807) is 47.2 Å². The number of benzene rings is 1. The van der Waals surface area contributed by atoms with Crippen molar-refractivity contribution in [2.45, 2.75) is 73.5 Å². The van der Waals surface area contributed by atoms with Gasteiger partial charge in [0.15, 0.2) is 5.43 Å². The molecule has 1 atom stereocenters. The molecular formula is C30H37N3O6. The van der Waals surface area contributed by atoms with Gasteiger partial charge in [-0.1, -0.05) is 20.8 Å². The van der Waals surface area contributed by atoms with Crippen LogP contribution in [0.2, 0.25) is 0 Å². The van der Waals surface area contributed by atoms with E-state index in [2.05, 4.69) is 25.9 Å². The van der Waals surface area contributed by atoms with Gasteiger partial charge in [-0.25, -0.2) is 9.59 Å². The fraction of sp³-hybridized carbons (Fsp3) is 0.467. The van der Waals surface area contributed by atoms with E-state index in [1.807, 2.05) is 23.6 Å². The number of carbonyl (C=O) groups excluding carboxylic acids is 2. The molecule has 0 fully saturated rings. The number of hydrogen-bond acceptors (Lipinski definition) is 7. The van der Waals surface area contributed by atoms with Crippen molar-refractivity contribution in [2.75, 3.05) is 13.7 Å². The Morgan fingerprint density at radius 1 is 1.03 bits per heavy atom. The van der Waals surface area contributed by atoms with Crippen molar-refractivity contribution < 1.29 is 23.8 Å². The molecule has 3 heterocycles. The average Bonchev–Trinajstić information content (AvgIpc) is 3.22. The number of methoxy groups -OCH3 is 1. The monoisotopic (exact) mass is 535 g/mol. The summed E-state index contributed by atoms with van der Waals surface area (Å²) in [5.41, 5.74) is 3.55. The zero-order valence-electron chi connectivity index (χ0n) is 24.2. The Balaban J connectivity index is 1.89. The Kier molecular flexibility index (Phi) is 7.23. The molecule has 4 rings (SSSR count). The van der Waals surface area contributed by atoms with Crippen LogP contribution in [-0.2, 0) is 15.9 Å². The van der Waals surface area contributed by atoms with E-state index < -0.39 is 23.1 Å². The molecule has 1 aliphatic heterocycles. The number of pyridine rings is 1. The van der Waals surface area contributed by atoms with E-state index in [-0.39, 0.29) is 23.6 Å². The van der Waals surface area contributed by atoms with Gasteiger partial charge in [-0.2, -0.15) is 9.78 Å². The maximum Gasteiger partial charge on any atom is 0.435 e. The lowest BCUT2D eigenvalue weighted by Gasteiger charge is -2.39. The second-order valence-corrected chi connectivity index (χ2v) is 11.9. The molecule has 1 aliphatic rings. The van der Waals surface area contributed by atoms with Crippen molar-refractivity contribution in [3.05, 3.63) is 57.6 Å². The van der Waals surface area contributed by atoms with Crippen molar-refractivity contribution in [2.24, 2.45) is 5.41 Å². The maximum absolute atomic E-state index is 13.0. The average molecular weight is 536 g/mol. The van der Waals surface area contributed by atoms with Gasteiger partial charge in [-0.15, -0.1) is 0 Å². The molecule has 0 saturated carbocycles. The third-order valence-corrected chi connectivity index (χ3v) is 6.79. The van der Waals surface area contributed by atoms with Crippen molar-refractivity contribution in [1.29, 1.82) is 0 Å². The number of nitrogens with zero attached hydrogens (tertiary/aromatic N) is 3. The third kappa shape index (κ3) is 5.48.